The molecular formula is C17H18ClNO. The second-order valence-electron chi connectivity index (χ2n) is 5.16. The predicted octanol–water partition coefficient (Wildman–Crippen LogP) is 4.47. The van der Waals surface area contributed by atoms with Gasteiger partial charge in [-0.3, -0.25) is 0 Å². The lowest BCUT2D eigenvalue weighted by Gasteiger charge is -2.17. The molecule has 1 aliphatic carbocycles. The summed E-state index contributed by atoms with van der Waals surface area (Å²) in [4.78, 5) is 0. The largest absolute Gasteiger partial charge is 0.457 e. The van der Waals surface area contributed by atoms with E-state index in [0.717, 1.165) is 23.5 Å². The second-order valence-corrected chi connectivity index (χ2v) is 5.57. The van der Waals surface area contributed by atoms with Crippen LogP contribution < -0.4 is 10.5 Å². The summed E-state index contributed by atoms with van der Waals surface area (Å²) in [5.41, 5.74) is 9.47. The van der Waals surface area contributed by atoms with Crippen LogP contribution in [0.4, 0.5) is 0 Å². The Morgan fingerprint density at radius 1 is 1.05 bits per heavy atom. The highest BCUT2D eigenvalue weighted by Crippen LogP contribution is 2.32. The van der Waals surface area contributed by atoms with Crippen LogP contribution in [0.3, 0.4) is 0 Å². The average molecular weight is 288 g/mol. The van der Waals surface area contributed by atoms with Crippen molar-refractivity contribution in [1.82, 2.24) is 0 Å². The monoisotopic (exact) mass is 287 g/mol. The van der Waals surface area contributed by atoms with E-state index in [0.29, 0.717) is 11.6 Å². The molecule has 0 unspecified atom stereocenters. The number of nitrogens with two attached hydrogens (primary N) is 1. The van der Waals surface area contributed by atoms with E-state index < -0.39 is 0 Å². The van der Waals surface area contributed by atoms with E-state index in [2.05, 4.69) is 12.1 Å². The summed E-state index contributed by atoms with van der Waals surface area (Å²) in [6.45, 7) is 0.375. The number of halogens is 1. The maximum absolute atomic E-state index is 6.15. The molecule has 104 valence electrons. The first-order valence-electron chi connectivity index (χ1n) is 7.05. The molecule has 0 fully saturated rings. The number of rotatable bonds is 3. The van der Waals surface area contributed by atoms with Crippen LogP contribution in [0.25, 0.3) is 0 Å². The van der Waals surface area contributed by atoms with E-state index in [1.54, 1.807) is 0 Å². The zero-order chi connectivity index (χ0) is 13.9. The van der Waals surface area contributed by atoms with Crippen molar-refractivity contribution in [2.24, 2.45) is 5.73 Å². The Morgan fingerprint density at radius 2 is 1.85 bits per heavy atom. The van der Waals surface area contributed by atoms with Gasteiger partial charge in [-0.25, -0.2) is 0 Å². The van der Waals surface area contributed by atoms with Crippen molar-refractivity contribution in [3.63, 3.8) is 0 Å². The molecule has 2 N–H and O–H groups in total. The highest BCUT2D eigenvalue weighted by molar-refractivity contribution is 6.31. The molecule has 3 rings (SSSR count). The number of hydrogen-bond donors (Lipinski definition) is 1. The minimum Gasteiger partial charge on any atom is -0.457 e. The summed E-state index contributed by atoms with van der Waals surface area (Å²) in [7, 11) is 0. The third kappa shape index (κ3) is 2.67. The molecule has 2 nitrogen and oxygen atoms in total. The Kier molecular flexibility index (Phi) is 3.95. The zero-order valence-electron chi connectivity index (χ0n) is 11.4. The van der Waals surface area contributed by atoms with Crippen molar-refractivity contribution in [1.29, 1.82) is 0 Å². The van der Waals surface area contributed by atoms with Crippen molar-refractivity contribution in [2.45, 2.75) is 32.2 Å². The smallest absolute Gasteiger partial charge is 0.133 e. The summed E-state index contributed by atoms with van der Waals surface area (Å²) >= 11 is 6.15. The van der Waals surface area contributed by atoms with E-state index >= 15 is 0 Å². The van der Waals surface area contributed by atoms with Gasteiger partial charge in [0.05, 0.1) is 0 Å². The molecule has 0 spiro atoms. The predicted molar refractivity (Wildman–Crippen MR) is 82.5 cm³/mol. The van der Waals surface area contributed by atoms with Gasteiger partial charge < -0.3 is 10.5 Å². The topological polar surface area (TPSA) is 35.2 Å². The summed E-state index contributed by atoms with van der Waals surface area (Å²) in [6, 6.07) is 12.0. The quantitative estimate of drug-likeness (QED) is 0.904. The van der Waals surface area contributed by atoms with Gasteiger partial charge in [0.15, 0.2) is 0 Å². The number of benzene rings is 2. The molecule has 3 heteroatoms. The third-order valence-corrected chi connectivity index (χ3v) is 4.18. The summed E-state index contributed by atoms with van der Waals surface area (Å²) in [5.74, 6) is 1.61. The standard InChI is InChI=1S/C17H18ClNO/c18-16-6-3-7-17(15(16)11-19)20-14-9-8-12-4-1-2-5-13(12)10-14/h3,6-10H,1-2,4-5,11,19H2. The van der Waals surface area contributed by atoms with Crippen LogP contribution in [0.1, 0.15) is 29.5 Å². The van der Waals surface area contributed by atoms with Crippen molar-refractivity contribution in [2.75, 3.05) is 0 Å². The minimum absolute atomic E-state index is 0.375. The van der Waals surface area contributed by atoms with Crippen molar-refractivity contribution in [3.8, 4) is 11.5 Å². The van der Waals surface area contributed by atoms with Crippen LogP contribution in [0, 0.1) is 0 Å². The molecule has 1 aliphatic rings. The number of fused-ring (bicyclic) bond motifs is 1. The lowest BCUT2D eigenvalue weighted by Crippen LogP contribution is -2.03. The van der Waals surface area contributed by atoms with Gasteiger partial charge in [-0.05, 0) is 61.1 Å². The SMILES string of the molecule is NCc1c(Cl)cccc1Oc1ccc2c(c1)CCCC2. The summed E-state index contributed by atoms with van der Waals surface area (Å²) < 4.78 is 5.98. The molecule has 2 aromatic rings. The highest BCUT2D eigenvalue weighted by atomic mass is 35.5. The lowest BCUT2D eigenvalue weighted by molar-refractivity contribution is 0.474. The van der Waals surface area contributed by atoms with E-state index in [1.807, 2.05) is 24.3 Å². The average Bonchev–Trinajstić information content (AvgIpc) is 2.47. The molecule has 0 radical (unpaired) electrons. The van der Waals surface area contributed by atoms with Crippen molar-refractivity contribution < 1.29 is 4.74 Å². The number of ether oxygens (including phenoxy) is 1. The van der Waals surface area contributed by atoms with Crippen molar-refractivity contribution in [3.05, 3.63) is 58.1 Å². The van der Waals surface area contributed by atoms with Gasteiger partial charge in [0.25, 0.3) is 0 Å². The Morgan fingerprint density at radius 3 is 2.65 bits per heavy atom. The van der Waals surface area contributed by atoms with Gasteiger partial charge in [0.2, 0.25) is 0 Å². The first-order chi connectivity index (χ1) is 9.78. The molecular weight excluding hydrogens is 270 g/mol. The second kappa shape index (κ2) is 5.86. The molecule has 0 aliphatic heterocycles. The zero-order valence-corrected chi connectivity index (χ0v) is 12.1. The van der Waals surface area contributed by atoms with Crippen LogP contribution in [-0.4, -0.2) is 0 Å². The maximum Gasteiger partial charge on any atom is 0.133 e. The molecule has 0 saturated carbocycles. The first kappa shape index (κ1) is 13.5. The fourth-order valence-corrected chi connectivity index (χ4v) is 2.98. The van der Waals surface area contributed by atoms with Gasteiger partial charge in [-0.15, -0.1) is 0 Å². The van der Waals surface area contributed by atoms with E-state index in [9.17, 15) is 0 Å². The molecule has 20 heavy (non-hydrogen) atoms. The fourth-order valence-electron chi connectivity index (χ4n) is 2.73. The van der Waals surface area contributed by atoms with Gasteiger partial charge in [-0.1, -0.05) is 23.7 Å². The summed E-state index contributed by atoms with van der Waals surface area (Å²) in [6.07, 6.45) is 4.88. The Balaban J connectivity index is 1.90. The molecule has 0 heterocycles. The van der Waals surface area contributed by atoms with Crippen LogP contribution in [0.2, 0.25) is 5.02 Å². The van der Waals surface area contributed by atoms with E-state index in [-0.39, 0.29) is 0 Å². The molecule has 0 saturated heterocycles. The third-order valence-electron chi connectivity index (χ3n) is 3.83. The maximum atomic E-state index is 6.15. The van der Waals surface area contributed by atoms with E-state index in [4.69, 9.17) is 22.1 Å². The van der Waals surface area contributed by atoms with Crippen LogP contribution in [-0.2, 0) is 19.4 Å². The van der Waals surface area contributed by atoms with Gasteiger partial charge in [0.1, 0.15) is 11.5 Å². The van der Waals surface area contributed by atoms with Crippen LogP contribution in [0.5, 0.6) is 11.5 Å². The Hall–Kier alpha value is -1.51. The molecule has 0 amide bonds. The van der Waals surface area contributed by atoms with Gasteiger partial charge in [0, 0.05) is 17.1 Å². The molecule has 0 aromatic heterocycles. The summed E-state index contributed by atoms with van der Waals surface area (Å²) in [5, 5.41) is 0.656. The Labute approximate surface area is 124 Å². The highest BCUT2D eigenvalue weighted by Gasteiger charge is 2.12. The number of aryl methyl sites for hydroxylation is 2. The molecule has 0 bridgehead atoms. The fraction of sp³-hybridized carbons (Fsp3) is 0.294. The lowest BCUT2D eigenvalue weighted by atomic mass is 9.92. The van der Waals surface area contributed by atoms with Gasteiger partial charge in [-0.2, -0.15) is 0 Å². The van der Waals surface area contributed by atoms with Crippen LogP contribution >= 0.6 is 11.6 Å². The molecule has 2 aromatic carbocycles. The van der Waals surface area contributed by atoms with Crippen LogP contribution in [0.15, 0.2) is 36.4 Å². The molecule has 0 atom stereocenters. The van der Waals surface area contributed by atoms with Crippen molar-refractivity contribution >= 4 is 11.6 Å². The van der Waals surface area contributed by atoms with E-state index in [1.165, 1.54) is 30.4 Å². The normalized spacial score (nSPS) is 13.9. The first-order valence-corrected chi connectivity index (χ1v) is 7.43. The number of hydrogen-bond acceptors (Lipinski definition) is 2. The minimum atomic E-state index is 0.375. The Bertz CT molecular complexity index is 624. The van der Waals surface area contributed by atoms with Gasteiger partial charge >= 0.3 is 0 Å².